The van der Waals surface area contributed by atoms with Crippen LogP contribution in [0.4, 0.5) is 0 Å². The van der Waals surface area contributed by atoms with Crippen LogP contribution in [0.15, 0.2) is 0 Å². The highest BCUT2D eigenvalue weighted by atomic mass is 28.3. The fourth-order valence-corrected chi connectivity index (χ4v) is 2.04. The first kappa shape index (κ1) is 8.85. The Hall–Kier alpha value is -0.153. The van der Waals surface area contributed by atoms with E-state index in [0.717, 1.165) is 0 Å². The molecule has 0 aromatic carbocycles. The lowest BCUT2D eigenvalue weighted by molar-refractivity contribution is 0.540. The van der Waals surface area contributed by atoms with Crippen LogP contribution in [0.1, 0.15) is 6.92 Å². The van der Waals surface area contributed by atoms with Crippen molar-refractivity contribution >= 4 is 14.5 Å². The fourth-order valence-electron chi connectivity index (χ4n) is 0.679. The topological polar surface area (TPSA) is 29.1 Å². The molecule has 0 spiro atoms. The molecular weight excluding hydrogens is 130 g/mol. The van der Waals surface area contributed by atoms with Crippen molar-refractivity contribution in [3.8, 4) is 0 Å². The second kappa shape index (κ2) is 3.13. The molecule has 0 fully saturated rings. The Balaban J connectivity index is 3.59. The lowest BCUT2D eigenvalue weighted by Gasteiger charge is -2.19. The van der Waals surface area contributed by atoms with Crippen LogP contribution in [0.25, 0.3) is 0 Å². The van der Waals surface area contributed by atoms with Crippen LogP contribution in [0, 0.1) is 0 Å². The van der Waals surface area contributed by atoms with Gasteiger partial charge in [-0.25, -0.2) is 0 Å². The number of nitrogens with one attached hydrogen (secondary N) is 1. The van der Waals surface area contributed by atoms with Crippen LogP contribution in [-0.4, -0.2) is 20.6 Å². The summed E-state index contributed by atoms with van der Waals surface area (Å²) in [5.74, 6) is 0. The second-order valence-electron chi connectivity index (χ2n) is 3.23. The third-order valence-corrected chi connectivity index (χ3v) is 2.13. The Labute approximate surface area is 57.7 Å². The minimum Gasteiger partial charge on any atom is -0.328 e. The average Bonchev–Trinajstić information content (AvgIpc) is 1.62. The van der Waals surface area contributed by atoms with Crippen molar-refractivity contribution in [2.24, 2.45) is 0 Å². The van der Waals surface area contributed by atoms with Gasteiger partial charge in [-0.15, -0.1) is 0 Å². The van der Waals surface area contributed by atoms with Gasteiger partial charge in [-0.1, -0.05) is 19.6 Å². The summed E-state index contributed by atoms with van der Waals surface area (Å²) in [7, 11) is -1.25. The van der Waals surface area contributed by atoms with Crippen LogP contribution in [-0.2, 0) is 4.79 Å². The maximum absolute atomic E-state index is 10.0. The van der Waals surface area contributed by atoms with Crippen LogP contribution < -0.4 is 4.98 Å². The van der Waals surface area contributed by atoms with Crippen molar-refractivity contribution in [3.63, 3.8) is 0 Å². The van der Waals surface area contributed by atoms with Gasteiger partial charge in [0.25, 0.3) is 0 Å². The summed E-state index contributed by atoms with van der Waals surface area (Å²) in [6, 6.07) is -0.100. The summed E-state index contributed by atoms with van der Waals surface area (Å²) in [6.07, 6.45) is 1.90. The zero-order chi connectivity index (χ0) is 7.49. The summed E-state index contributed by atoms with van der Waals surface area (Å²) in [5, 5.41) is 0. The Morgan fingerprint density at radius 1 is 1.44 bits per heavy atom. The van der Waals surface area contributed by atoms with Crippen molar-refractivity contribution in [3.05, 3.63) is 0 Å². The number of hydrogen-bond acceptors (Lipinski definition) is 2. The van der Waals surface area contributed by atoms with E-state index in [1.165, 1.54) is 0 Å². The smallest absolute Gasteiger partial charge is 0.215 e. The molecule has 0 amide bonds. The third kappa shape index (κ3) is 5.72. The predicted molar refractivity (Wildman–Crippen MR) is 41.6 cm³/mol. The highest BCUT2D eigenvalue weighted by Crippen LogP contribution is 1.94. The van der Waals surface area contributed by atoms with Gasteiger partial charge in [0, 0.05) is 0 Å². The summed E-state index contributed by atoms with van der Waals surface area (Å²) in [4.78, 5) is 13.2. The summed E-state index contributed by atoms with van der Waals surface area (Å²) in [6.45, 7) is 8.29. The van der Waals surface area contributed by atoms with E-state index >= 15 is 0 Å². The molecule has 3 heteroatoms. The van der Waals surface area contributed by atoms with E-state index in [4.69, 9.17) is 0 Å². The van der Waals surface area contributed by atoms with Crippen molar-refractivity contribution in [1.82, 2.24) is 4.98 Å². The van der Waals surface area contributed by atoms with Gasteiger partial charge >= 0.3 is 0 Å². The van der Waals surface area contributed by atoms with Crippen molar-refractivity contribution in [1.29, 1.82) is 0 Å². The molecule has 1 atom stereocenters. The van der Waals surface area contributed by atoms with E-state index in [0.29, 0.717) is 0 Å². The Morgan fingerprint density at radius 2 is 1.89 bits per heavy atom. The molecule has 0 rings (SSSR count). The number of hydrogen-bond donors (Lipinski definition) is 1. The molecular formula is C6H14NOSi. The molecule has 0 unspecified atom stereocenters. The summed E-state index contributed by atoms with van der Waals surface area (Å²) in [5.41, 5.74) is 0. The molecule has 9 heavy (non-hydrogen) atoms. The van der Waals surface area contributed by atoms with Gasteiger partial charge < -0.3 is 4.98 Å². The van der Waals surface area contributed by atoms with E-state index in [1.54, 1.807) is 0 Å². The average molecular weight is 144 g/mol. The molecule has 0 aromatic heterocycles. The van der Waals surface area contributed by atoms with Gasteiger partial charge in [0.15, 0.2) is 0 Å². The maximum Gasteiger partial charge on any atom is 0.215 e. The maximum atomic E-state index is 10.0. The van der Waals surface area contributed by atoms with Gasteiger partial charge in [0.05, 0.1) is 6.04 Å². The van der Waals surface area contributed by atoms with Gasteiger partial charge in [-0.05, 0) is 6.92 Å². The Kier molecular flexibility index (Phi) is 3.07. The molecule has 1 radical (unpaired) electrons. The fraction of sp³-hybridized carbons (Fsp3) is 0.833. The highest BCUT2D eigenvalue weighted by Gasteiger charge is 2.15. The molecule has 53 valence electrons. The van der Waals surface area contributed by atoms with E-state index < -0.39 is 8.24 Å². The summed E-state index contributed by atoms with van der Waals surface area (Å²) >= 11 is 0. The predicted octanol–water partition coefficient (Wildman–Crippen LogP) is 0.909. The lowest BCUT2D eigenvalue weighted by Crippen LogP contribution is -2.47. The lowest BCUT2D eigenvalue weighted by atomic mass is 10.4. The van der Waals surface area contributed by atoms with Crippen LogP contribution in [0.3, 0.4) is 0 Å². The third-order valence-electron chi connectivity index (χ3n) is 0.826. The number of carbonyl (C=O) groups excluding carboxylic acids is 1. The molecule has 0 saturated heterocycles. The SMILES string of the molecule is C[C@@H]([C]=O)N[Si](C)(C)C. The van der Waals surface area contributed by atoms with Crippen LogP contribution in [0.5, 0.6) is 0 Å². The van der Waals surface area contributed by atoms with E-state index in [9.17, 15) is 4.79 Å². The van der Waals surface area contributed by atoms with Crippen LogP contribution in [0.2, 0.25) is 19.6 Å². The minimum atomic E-state index is -1.25. The molecule has 0 aliphatic heterocycles. The van der Waals surface area contributed by atoms with E-state index in [-0.39, 0.29) is 6.04 Å². The zero-order valence-electron chi connectivity index (χ0n) is 6.49. The molecule has 0 bridgehead atoms. The van der Waals surface area contributed by atoms with Crippen molar-refractivity contribution in [2.45, 2.75) is 32.6 Å². The van der Waals surface area contributed by atoms with Gasteiger partial charge in [0.1, 0.15) is 8.24 Å². The second-order valence-corrected chi connectivity index (χ2v) is 8.02. The molecule has 0 heterocycles. The van der Waals surface area contributed by atoms with E-state index in [2.05, 4.69) is 24.6 Å². The molecule has 1 N–H and O–H groups in total. The Bertz CT molecular complexity index is 97.7. The first-order valence-corrected chi connectivity index (χ1v) is 6.61. The van der Waals surface area contributed by atoms with E-state index in [1.807, 2.05) is 13.2 Å². The first-order chi connectivity index (χ1) is 3.95. The standard InChI is InChI=1S/C6H14NOSi/c1-6(5-8)7-9(2,3)4/h6-7H,1-4H3/t6-/m0/s1. The molecule has 2 nitrogen and oxygen atoms in total. The van der Waals surface area contributed by atoms with Gasteiger partial charge in [-0.3, -0.25) is 4.79 Å². The molecule has 0 aromatic rings. The van der Waals surface area contributed by atoms with Gasteiger partial charge in [0.2, 0.25) is 6.29 Å². The minimum absolute atomic E-state index is 0.100. The van der Waals surface area contributed by atoms with Crippen molar-refractivity contribution in [2.75, 3.05) is 0 Å². The molecule has 0 aliphatic rings. The largest absolute Gasteiger partial charge is 0.328 e. The monoisotopic (exact) mass is 144 g/mol. The highest BCUT2D eigenvalue weighted by molar-refractivity contribution is 6.73. The quantitative estimate of drug-likeness (QED) is 0.596. The molecule has 0 aliphatic carbocycles. The summed E-state index contributed by atoms with van der Waals surface area (Å²) < 4.78 is 0. The van der Waals surface area contributed by atoms with Gasteiger partial charge in [-0.2, -0.15) is 0 Å². The Morgan fingerprint density at radius 3 is 2.00 bits per heavy atom. The van der Waals surface area contributed by atoms with Crippen molar-refractivity contribution < 1.29 is 4.79 Å². The first-order valence-electron chi connectivity index (χ1n) is 3.11. The normalized spacial score (nSPS) is 15.1. The number of rotatable bonds is 3. The van der Waals surface area contributed by atoms with Crippen LogP contribution >= 0.6 is 0 Å². The molecule has 0 saturated carbocycles. The zero-order valence-corrected chi connectivity index (χ0v) is 7.49.